The smallest absolute Gasteiger partial charge is 0.347 e. The van der Waals surface area contributed by atoms with Crippen LogP contribution >= 0.6 is 11.8 Å². The van der Waals surface area contributed by atoms with E-state index in [1.54, 1.807) is 11.8 Å². The monoisotopic (exact) mass is 402 g/mol. The molecule has 2 aromatic carbocycles. The number of nitrogens with zero attached hydrogens (tertiary/aromatic N) is 2. The second-order valence-electron chi connectivity index (χ2n) is 7.06. The van der Waals surface area contributed by atoms with Crippen LogP contribution < -0.4 is 0 Å². The van der Waals surface area contributed by atoms with E-state index in [0.717, 1.165) is 32.4 Å². The molecule has 0 radical (unpaired) electrons. The van der Waals surface area contributed by atoms with Crippen molar-refractivity contribution in [1.82, 2.24) is 9.13 Å². The van der Waals surface area contributed by atoms with Gasteiger partial charge in [-0.25, -0.2) is 9.59 Å². The van der Waals surface area contributed by atoms with Crippen LogP contribution in [0, 0.1) is 0 Å². The van der Waals surface area contributed by atoms with Crippen LogP contribution in [-0.4, -0.2) is 27.3 Å². The molecule has 0 atom stereocenters. The van der Waals surface area contributed by atoms with E-state index in [9.17, 15) is 9.59 Å². The molecule has 3 heterocycles. The molecule has 1 aliphatic heterocycles. The molecule has 6 heteroatoms. The van der Waals surface area contributed by atoms with Crippen molar-refractivity contribution in [3.05, 3.63) is 65.9 Å². The van der Waals surface area contributed by atoms with Crippen LogP contribution in [0.3, 0.4) is 0 Å². The Morgan fingerprint density at radius 1 is 0.828 bits per heavy atom. The van der Waals surface area contributed by atoms with Gasteiger partial charge in [-0.1, -0.05) is 36.4 Å². The van der Waals surface area contributed by atoms with E-state index in [1.807, 2.05) is 79.6 Å². The second kappa shape index (κ2) is 6.39. The summed E-state index contributed by atoms with van der Waals surface area (Å²) in [6, 6.07) is 15.7. The maximum Gasteiger partial charge on any atom is 0.347 e. The van der Waals surface area contributed by atoms with E-state index >= 15 is 0 Å². The van der Waals surface area contributed by atoms with Gasteiger partial charge in [0.1, 0.15) is 0 Å². The summed E-state index contributed by atoms with van der Waals surface area (Å²) in [6.07, 6.45) is 3.86. The van der Waals surface area contributed by atoms with Gasteiger partial charge in [0.25, 0.3) is 0 Å². The molecule has 2 aromatic heterocycles. The molecule has 144 valence electrons. The Morgan fingerprint density at radius 2 is 1.45 bits per heavy atom. The number of benzene rings is 2. The molecule has 1 aliphatic rings. The van der Waals surface area contributed by atoms with Crippen LogP contribution in [0.2, 0.25) is 0 Å². The van der Waals surface area contributed by atoms with Gasteiger partial charge >= 0.3 is 11.9 Å². The Bertz CT molecular complexity index is 1370. The zero-order valence-corrected chi connectivity index (χ0v) is 17.0. The molecule has 5 nitrogen and oxygen atoms in total. The lowest BCUT2D eigenvalue weighted by Gasteiger charge is -2.06. The second-order valence-corrected chi connectivity index (χ2v) is 7.85. The highest BCUT2D eigenvalue weighted by atomic mass is 32.2. The molecule has 4 aromatic rings. The number of rotatable bonds is 3. The number of aryl methyl sites for hydroxylation is 2. The van der Waals surface area contributed by atoms with Gasteiger partial charge in [0.05, 0.1) is 16.2 Å². The maximum atomic E-state index is 12.9. The van der Waals surface area contributed by atoms with Crippen molar-refractivity contribution in [3.63, 3.8) is 0 Å². The van der Waals surface area contributed by atoms with E-state index in [1.165, 1.54) is 0 Å². The fourth-order valence-electron chi connectivity index (χ4n) is 4.25. The number of hydrogen-bond acceptors (Lipinski definition) is 4. The average Bonchev–Trinajstić information content (AvgIpc) is 3.31. The van der Waals surface area contributed by atoms with E-state index in [0.29, 0.717) is 16.7 Å². The summed E-state index contributed by atoms with van der Waals surface area (Å²) >= 11 is 1.55. The van der Waals surface area contributed by atoms with Gasteiger partial charge in [-0.15, -0.1) is 11.8 Å². The highest BCUT2D eigenvalue weighted by molar-refractivity contribution is 7.98. The molecule has 0 bridgehead atoms. The lowest BCUT2D eigenvalue weighted by Crippen LogP contribution is -2.02. The van der Waals surface area contributed by atoms with Gasteiger partial charge in [0, 0.05) is 53.2 Å². The number of para-hydroxylation sites is 2. The molecule has 0 fully saturated rings. The third-order valence-corrected chi connectivity index (χ3v) is 6.37. The standard InChI is InChI=1S/C23H18N2O3S/c1-24-12-15(13-8-4-6-10-16(13)24)19-20(23(27)28-22(19)26)18-14-9-5-7-11-17(14)25(2)21(18)29-3/h4-12H,1-3H3. The number of carbonyl (C=O) groups excluding carboxylic acids is 2. The van der Waals surface area contributed by atoms with E-state index in [-0.39, 0.29) is 0 Å². The number of thioether (sulfide) groups is 1. The number of esters is 2. The fraction of sp³-hybridized carbons (Fsp3) is 0.130. The van der Waals surface area contributed by atoms with E-state index in [2.05, 4.69) is 4.57 Å². The molecular weight excluding hydrogens is 384 g/mol. The first kappa shape index (κ1) is 17.8. The van der Waals surface area contributed by atoms with Crippen molar-refractivity contribution in [2.45, 2.75) is 5.03 Å². The Morgan fingerprint density at radius 3 is 2.17 bits per heavy atom. The summed E-state index contributed by atoms with van der Waals surface area (Å²) in [7, 11) is 3.90. The highest BCUT2D eigenvalue weighted by Crippen LogP contribution is 2.44. The Balaban J connectivity index is 1.92. The molecular formula is C23H18N2O3S. The first-order chi connectivity index (χ1) is 14.0. The Kier molecular flexibility index (Phi) is 3.93. The third kappa shape index (κ3) is 2.42. The quantitative estimate of drug-likeness (QED) is 0.290. The predicted molar refractivity (Wildman–Crippen MR) is 116 cm³/mol. The number of ether oxygens (including phenoxy) is 1. The molecule has 5 rings (SSSR count). The molecule has 29 heavy (non-hydrogen) atoms. The molecule has 0 saturated heterocycles. The average molecular weight is 402 g/mol. The largest absolute Gasteiger partial charge is 0.386 e. The van der Waals surface area contributed by atoms with E-state index < -0.39 is 11.9 Å². The number of carbonyl (C=O) groups is 2. The van der Waals surface area contributed by atoms with Gasteiger partial charge in [-0.2, -0.15) is 0 Å². The third-order valence-electron chi connectivity index (χ3n) is 5.51. The first-order valence-corrected chi connectivity index (χ1v) is 10.4. The molecule has 0 saturated carbocycles. The molecule has 0 aliphatic carbocycles. The Labute approximate surface area is 171 Å². The van der Waals surface area contributed by atoms with E-state index in [4.69, 9.17) is 4.74 Å². The van der Waals surface area contributed by atoms with Crippen molar-refractivity contribution in [1.29, 1.82) is 0 Å². The van der Waals surface area contributed by atoms with Crippen molar-refractivity contribution < 1.29 is 14.3 Å². The Hall–Kier alpha value is -3.25. The van der Waals surface area contributed by atoms with Crippen molar-refractivity contribution in [2.24, 2.45) is 14.1 Å². The number of fused-ring (bicyclic) bond motifs is 2. The van der Waals surface area contributed by atoms with Crippen LogP contribution in [-0.2, 0) is 28.4 Å². The van der Waals surface area contributed by atoms with Crippen LogP contribution in [0.25, 0.3) is 33.0 Å². The predicted octanol–water partition coefficient (Wildman–Crippen LogP) is 4.39. The minimum Gasteiger partial charge on any atom is -0.386 e. The van der Waals surface area contributed by atoms with Gasteiger partial charge in [0.2, 0.25) is 0 Å². The SMILES string of the molecule is CSc1c(C2=C(c3cn(C)c4ccccc34)C(=O)OC2=O)c2ccccc2n1C. The topological polar surface area (TPSA) is 53.2 Å². The fourth-order valence-corrected chi connectivity index (χ4v) is 5.04. The maximum absolute atomic E-state index is 12.9. The lowest BCUT2D eigenvalue weighted by atomic mass is 9.95. The normalized spacial score (nSPS) is 14.4. The van der Waals surface area contributed by atoms with Gasteiger partial charge in [0.15, 0.2) is 0 Å². The summed E-state index contributed by atoms with van der Waals surface area (Å²) in [6.45, 7) is 0. The van der Waals surface area contributed by atoms with Crippen molar-refractivity contribution in [3.8, 4) is 0 Å². The van der Waals surface area contributed by atoms with Crippen LogP contribution in [0.5, 0.6) is 0 Å². The van der Waals surface area contributed by atoms with Crippen LogP contribution in [0.4, 0.5) is 0 Å². The molecule has 0 N–H and O–H groups in total. The van der Waals surface area contributed by atoms with Crippen LogP contribution in [0.1, 0.15) is 11.1 Å². The lowest BCUT2D eigenvalue weighted by molar-refractivity contribution is -0.149. The summed E-state index contributed by atoms with van der Waals surface area (Å²) in [5.41, 5.74) is 4.14. The minimum absolute atomic E-state index is 0.332. The minimum atomic E-state index is -0.596. The number of cyclic esters (lactones) is 2. The van der Waals surface area contributed by atoms with Crippen molar-refractivity contribution in [2.75, 3.05) is 6.26 Å². The molecule has 0 amide bonds. The molecule has 0 spiro atoms. The summed E-state index contributed by atoms with van der Waals surface area (Å²) in [5, 5.41) is 2.77. The first-order valence-electron chi connectivity index (χ1n) is 9.20. The summed E-state index contributed by atoms with van der Waals surface area (Å²) < 4.78 is 9.15. The highest BCUT2D eigenvalue weighted by Gasteiger charge is 2.39. The summed E-state index contributed by atoms with van der Waals surface area (Å²) in [4.78, 5) is 25.7. The van der Waals surface area contributed by atoms with Crippen LogP contribution in [0.15, 0.2) is 59.8 Å². The van der Waals surface area contributed by atoms with Gasteiger partial charge < -0.3 is 13.9 Å². The zero-order chi connectivity index (χ0) is 20.3. The molecule has 0 unspecified atom stereocenters. The zero-order valence-electron chi connectivity index (χ0n) is 16.2. The van der Waals surface area contributed by atoms with Crippen molar-refractivity contribution >= 4 is 56.7 Å². The van der Waals surface area contributed by atoms with Gasteiger partial charge in [-0.05, 0) is 18.4 Å². The van der Waals surface area contributed by atoms with Gasteiger partial charge in [-0.3, -0.25) is 0 Å². The summed E-state index contributed by atoms with van der Waals surface area (Å²) in [5.74, 6) is -1.19. The number of aromatic nitrogens is 2. The number of hydrogen-bond donors (Lipinski definition) is 0.